The summed E-state index contributed by atoms with van der Waals surface area (Å²) >= 11 is 3.54. The summed E-state index contributed by atoms with van der Waals surface area (Å²) in [5, 5.41) is 2.65. The van der Waals surface area contributed by atoms with Crippen LogP contribution in [0.4, 0.5) is 14.5 Å². The van der Waals surface area contributed by atoms with Crippen LogP contribution >= 0.6 is 27.7 Å². The second-order valence-corrected chi connectivity index (χ2v) is 5.59. The Balaban J connectivity index is 2.21. The van der Waals surface area contributed by atoms with E-state index in [1.54, 1.807) is 18.2 Å². The molecule has 0 radical (unpaired) electrons. The highest BCUT2D eigenvalue weighted by atomic mass is 79.9. The number of nitrogens with zero attached hydrogens (tertiary/aromatic N) is 1. The second-order valence-electron chi connectivity index (χ2n) is 3.70. The summed E-state index contributed by atoms with van der Waals surface area (Å²) < 4.78 is 25.7. The van der Waals surface area contributed by atoms with Crippen molar-refractivity contribution >= 4 is 39.3 Å². The topological polar surface area (TPSA) is 42.0 Å². The van der Waals surface area contributed by atoms with Crippen LogP contribution in [0, 0.1) is 0 Å². The number of amides is 1. The van der Waals surface area contributed by atoms with E-state index in [1.165, 1.54) is 18.3 Å². The molecular formula is C13H9BrF2N2OS. The predicted molar refractivity (Wildman–Crippen MR) is 78.2 cm³/mol. The zero-order chi connectivity index (χ0) is 14.5. The number of hydrogen-bond donors (Lipinski definition) is 1. The van der Waals surface area contributed by atoms with E-state index in [1.807, 2.05) is 6.07 Å². The number of carbonyl (C=O) groups is 1. The number of hydrogen-bond acceptors (Lipinski definition) is 3. The number of benzene rings is 1. The number of aromatic nitrogens is 1. The normalized spacial score (nSPS) is 10.6. The minimum Gasteiger partial charge on any atom is -0.322 e. The molecule has 0 aliphatic rings. The van der Waals surface area contributed by atoms with Gasteiger partial charge in [0.25, 0.3) is 11.7 Å². The molecule has 1 aromatic carbocycles. The van der Waals surface area contributed by atoms with Crippen molar-refractivity contribution in [3.05, 3.63) is 52.6 Å². The molecule has 1 N–H and O–H groups in total. The van der Waals surface area contributed by atoms with Gasteiger partial charge in [0.05, 0.1) is 5.56 Å². The smallest absolute Gasteiger partial charge is 0.290 e. The highest BCUT2D eigenvalue weighted by Crippen LogP contribution is 2.27. The van der Waals surface area contributed by atoms with Gasteiger partial charge in [0.1, 0.15) is 5.03 Å². The van der Waals surface area contributed by atoms with Crippen molar-refractivity contribution in [1.29, 1.82) is 0 Å². The number of thioether (sulfide) groups is 1. The fraction of sp³-hybridized carbons (Fsp3) is 0.0769. The van der Waals surface area contributed by atoms with Crippen molar-refractivity contribution in [2.24, 2.45) is 0 Å². The lowest BCUT2D eigenvalue weighted by molar-refractivity contribution is 0.102. The van der Waals surface area contributed by atoms with Crippen molar-refractivity contribution < 1.29 is 13.6 Å². The standard InChI is InChI=1S/C13H9BrF2N2OS/c14-8-3-1-4-9(7-8)18-11(19)10-5-2-6-17-12(10)20-13(15)16/h1-7,13H,(H,18,19). The fourth-order valence-electron chi connectivity index (χ4n) is 1.51. The van der Waals surface area contributed by atoms with Crippen LogP contribution < -0.4 is 5.32 Å². The molecule has 0 saturated carbocycles. The molecule has 1 heterocycles. The van der Waals surface area contributed by atoms with Crippen LogP contribution in [0.2, 0.25) is 0 Å². The number of nitrogens with one attached hydrogen (secondary N) is 1. The van der Waals surface area contributed by atoms with Gasteiger partial charge in [0.2, 0.25) is 0 Å². The Labute approximate surface area is 126 Å². The van der Waals surface area contributed by atoms with Crippen molar-refractivity contribution in [3.8, 4) is 0 Å². The second kappa shape index (κ2) is 6.81. The average molecular weight is 359 g/mol. The van der Waals surface area contributed by atoms with E-state index in [0.29, 0.717) is 5.69 Å². The van der Waals surface area contributed by atoms with E-state index in [-0.39, 0.29) is 22.4 Å². The van der Waals surface area contributed by atoms with Crippen molar-refractivity contribution in [2.45, 2.75) is 10.8 Å². The maximum absolute atomic E-state index is 12.4. The SMILES string of the molecule is O=C(Nc1cccc(Br)c1)c1cccnc1SC(F)F. The largest absolute Gasteiger partial charge is 0.322 e. The van der Waals surface area contributed by atoms with Gasteiger partial charge in [-0.25, -0.2) is 4.98 Å². The number of carbonyl (C=O) groups excluding carboxylic acids is 1. The van der Waals surface area contributed by atoms with Gasteiger partial charge in [0, 0.05) is 16.4 Å². The van der Waals surface area contributed by atoms with Crippen LogP contribution in [0.5, 0.6) is 0 Å². The Bertz CT molecular complexity index is 625. The van der Waals surface area contributed by atoms with Crippen molar-refractivity contribution in [2.75, 3.05) is 5.32 Å². The number of halogens is 3. The number of alkyl halides is 2. The van der Waals surface area contributed by atoms with E-state index < -0.39 is 11.7 Å². The first-order valence-corrected chi connectivity index (χ1v) is 7.20. The molecule has 2 aromatic rings. The van der Waals surface area contributed by atoms with Gasteiger partial charge in [0.15, 0.2) is 0 Å². The molecule has 104 valence electrons. The highest BCUT2D eigenvalue weighted by Gasteiger charge is 2.16. The van der Waals surface area contributed by atoms with Gasteiger partial charge in [-0.15, -0.1) is 0 Å². The maximum Gasteiger partial charge on any atom is 0.290 e. The number of rotatable bonds is 4. The highest BCUT2D eigenvalue weighted by molar-refractivity contribution is 9.10. The summed E-state index contributed by atoms with van der Waals surface area (Å²) in [6.45, 7) is 0. The third-order valence-electron chi connectivity index (χ3n) is 2.30. The molecule has 1 amide bonds. The third kappa shape index (κ3) is 4.01. The Morgan fingerprint density at radius 2 is 2.10 bits per heavy atom. The van der Waals surface area contributed by atoms with Gasteiger partial charge in [-0.3, -0.25) is 4.79 Å². The molecule has 0 spiro atoms. The molecule has 1 aromatic heterocycles. The Kier molecular flexibility index (Phi) is 5.08. The van der Waals surface area contributed by atoms with Crippen molar-refractivity contribution in [1.82, 2.24) is 4.98 Å². The number of pyridine rings is 1. The van der Waals surface area contributed by atoms with E-state index in [0.717, 1.165) is 4.47 Å². The minimum absolute atomic E-state index is 0.00926. The van der Waals surface area contributed by atoms with Crippen LogP contribution in [0.15, 0.2) is 52.1 Å². The molecule has 0 atom stereocenters. The molecule has 2 rings (SSSR count). The van der Waals surface area contributed by atoms with E-state index >= 15 is 0 Å². The Morgan fingerprint density at radius 1 is 1.30 bits per heavy atom. The summed E-state index contributed by atoms with van der Waals surface area (Å²) in [4.78, 5) is 15.9. The first-order valence-electron chi connectivity index (χ1n) is 5.53. The molecule has 0 fully saturated rings. The molecule has 0 aliphatic heterocycles. The first kappa shape index (κ1) is 14.9. The first-order chi connectivity index (χ1) is 9.56. The lowest BCUT2D eigenvalue weighted by atomic mass is 10.2. The summed E-state index contributed by atoms with van der Waals surface area (Å²) in [6.07, 6.45) is 1.38. The zero-order valence-corrected chi connectivity index (χ0v) is 12.4. The molecule has 0 bridgehead atoms. The Hall–Kier alpha value is -1.47. The fourth-order valence-corrected chi connectivity index (χ4v) is 2.48. The Morgan fingerprint density at radius 3 is 2.80 bits per heavy atom. The molecule has 3 nitrogen and oxygen atoms in total. The zero-order valence-electron chi connectivity index (χ0n) is 10.0. The summed E-state index contributed by atoms with van der Waals surface area (Å²) in [5.41, 5.74) is 0.694. The summed E-state index contributed by atoms with van der Waals surface area (Å²) in [6, 6.07) is 10.00. The molecule has 0 unspecified atom stereocenters. The molecule has 20 heavy (non-hydrogen) atoms. The summed E-state index contributed by atoms with van der Waals surface area (Å²) in [7, 11) is 0. The molecule has 0 aliphatic carbocycles. The number of anilines is 1. The lowest BCUT2D eigenvalue weighted by Gasteiger charge is -2.08. The predicted octanol–water partition coefficient (Wildman–Crippen LogP) is 4.41. The van der Waals surface area contributed by atoms with Crippen LogP contribution in [-0.2, 0) is 0 Å². The molecule has 7 heteroatoms. The van der Waals surface area contributed by atoms with E-state index in [9.17, 15) is 13.6 Å². The molecular weight excluding hydrogens is 350 g/mol. The van der Waals surface area contributed by atoms with Gasteiger partial charge in [-0.2, -0.15) is 8.78 Å². The van der Waals surface area contributed by atoms with Gasteiger partial charge in [-0.1, -0.05) is 22.0 Å². The lowest BCUT2D eigenvalue weighted by Crippen LogP contribution is -2.13. The minimum atomic E-state index is -2.62. The quantitative estimate of drug-likeness (QED) is 0.823. The van der Waals surface area contributed by atoms with Crippen LogP contribution in [-0.4, -0.2) is 16.6 Å². The average Bonchev–Trinajstić information content (AvgIpc) is 2.38. The van der Waals surface area contributed by atoms with Crippen molar-refractivity contribution in [3.63, 3.8) is 0 Å². The summed E-state index contributed by atoms with van der Waals surface area (Å²) in [5.74, 6) is -3.10. The monoisotopic (exact) mass is 358 g/mol. The van der Waals surface area contributed by atoms with E-state index in [4.69, 9.17) is 0 Å². The van der Waals surface area contributed by atoms with Crippen LogP contribution in [0.25, 0.3) is 0 Å². The van der Waals surface area contributed by atoms with Crippen LogP contribution in [0.3, 0.4) is 0 Å². The van der Waals surface area contributed by atoms with E-state index in [2.05, 4.69) is 26.2 Å². The third-order valence-corrected chi connectivity index (χ3v) is 3.52. The van der Waals surface area contributed by atoms with Gasteiger partial charge >= 0.3 is 0 Å². The van der Waals surface area contributed by atoms with Gasteiger partial charge in [-0.05, 0) is 42.1 Å². The van der Waals surface area contributed by atoms with Gasteiger partial charge < -0.3 is 5.32 Å². The molecule has 0 saturated heterocycles. The van der Waals surface area contributed by atoms with Crippen LogP contribution in [0.1, 0.15) is 10.4 Å². The maximum atomic E-state index is 12.4.